The van der Waals surface area contributed by atoms with Crippen LogP contribution in [-0.4, -0.2) is 26.8 Å². The van der Waals surface area contributed by atoms with E-state index >= 15 is 0 Å². The van der Waals surface area contributed by atoms with E-state index < -0.39 is 0 Å². The van der Waals surface area contributed by atoms with Crippen molar-refractivity contribution in [3.8, 4) is 0 Å². The first-order valence-corrected chi connectivity index (χ1v) is 7.49. The number of benzene rings is 1. The van der Waals surface area contributed by atoms with E-state index in [1.165, 1.54) is 12.0 Å². The normalized spacial score (nSPS) is 14.3. The molecule has 19 heavy (non-hydrogen) atoms. The molecular formula is C16H26ClNO. The van der Waals surface area contributed by atoms with Crippen LogP contribution in [0, 0.1) is 11.8 Å². The number of hydrogen-bond acceptors (Lipinski definition) is 2. The molecule has 0 bridgehead atoms. The Labute approximate surface area is 122 Å². The highest BCUT2D eigenvalue weighted by Crippen LogP contribution is 2.19. The monoisotopic (exact) mass is 283 g/mol. The first-order chi connectivity index (χ1) is 9.17. The highest BCUT2D eigenvalue weighted by molar-refractivity contribution is 6.30. The Morgan fingerprint density at radius 3 is 2.53 bits per heavy atom. The van der Waals surface area contributed by atoms with Crippen LogP contribution in [0.1, 0.15) is 25.8 Å². The van der Waals surface area contributed by atoms with Crippen molar-refractivity contribution >= 4 is 11.6 Å². The molecule has 0 aliphatic heterocycles. The topological polar surface area (TPSA) is 21.3 Å². The van der Waals surface area contributed by atoms with E-state index in [1.54, 1.807) is 7.11 Å². The van der Waals surface area contributed by atoms with Gasteiger partial charge in [0.05, 0.1) is 0 Å². The average molecular weight is 284 g/mol. The van der Waals surface area contributed by atoms with E-state index in [-0.39, 0.29) is 0 Å². The summed E-state index contributed by atoms with van der Waals surface area (Å²) in [6, 6.07) is 8.17. The molecule has 0 heterocycles. The van der Waals surface area contributed by atoms with Gasteiger partial charge >= 0.3 is 0 Å². The van der Waals surface area contributed by atoms with E-state index in [1.807, 2.05) is 12.1 Å². The molecule has 0 radical (unpaired) electrons. The molecule has 1 aromatic carbocycles. The zero-order chi connectivity index (χ0) is 14.1. The fraction of sp³-hybridized carbons (Fsp3) is 0.625. The Bertz CT molecular complexity index is 339. The van der Waals surface area contributed by atoms with E-state index in [2.05, 4.69) is 31.3 Å². The van der Waals surface area contributed by atoms with Crippen LogP contribution < -0.4 is 5.32 Å². The van der Waals surface area contributed by atoms with Gasteiger partial charge in [0.15, 0.2) is 0 Å². The highest BCUT2D eigenvalue weighted by atomic mass is 35.5. The van der Waals surface area contributed by atoms with Gasteiger partial charge < -0.3 is 10.1 Å². The van der Waals surface area contributed by atoms with E-state index in [0.717, 1.165) is 31.1 Å². The summed E-state index contributed by atoms with van der Waals surface area (Å²) in [7, 11) is 1.77. The van der Waals surface area contributed by atoms with Gasteiger partial charge in [0, 0.05) is 18.7 Å². The fourth-order valence-electron chi connectivity index (χ4n) is 2.26. The van der Waals surface area contributed by atoms with Crippen LogP contribution in [0.5, 0.6) is 0 Å². The zero-order valence-corrected chi connectivity index (χ0v) is 13.0. The number of nitrogens with one attached hydrogen (secondary N) is 1. The third-order valence-corrected chi connectivity index (χ3v) is 3.73. The molecule has 1 rings (SSSR count). The summed E-state index contributed by atoms with van der Waals surface area (Å²) in [5, 5.41) is 4.32. The van der Waals surface area contributed by atoms with Crippen molar-refractivity contribution in [2.24, 2.45) is 11.8 Å². The lowest BCUT2D eigenvalue weighted by Gasteiger charge is -2.24. The van der Waals surface area contributed by atoms with Crippen LogP contribution in [0.4, 0.5) is 0 Å². The quantitative estimate of drug-likeness (QED) is 0.697. The van der Waals surface area contributed by atoms with Crippen molar-refractivity contribution in [1.82, 2.24) is 5.32 Å². The first-order valence-electron chi connectivity index (χ1n) is 7.11. The average Bonchev–Trinajstić information content (AvgIpc) is 2.40. The summed E-state index contributed by atoms with van der Waals surface area (Å²) in [6.07, 6.45) is 2.24. The van der Waals surface area contributed by atoms with Gasteiger partial charge in [-0.25, -0.2) is 0 Å². The van der Waals surface area contributed by atoms with Gasteiger partial charge in [-0.3, -0.25) is 0 Å². The molecule has 2 unspecified atom stereocenters. The SMILES string of the molecule is CCCNCC(Cc1ccc(Cl)cc1)C(C)COC. The zero-order valence-electron chi connectivity index (χ0n) is 12.3. The Kier molecular flexibility index (Phi) is 8.11. The molecule has 1 N–H and O–H groups in total. The molecular weight excluding hydrogens is 258 g/mol. The Balaban J connectivity index is 2.58. The van der Waals surface area contributed by atoms with Crippen molar-refractivity contribution in [3.05, 3.63) is 34.9 Å². The maximum atomic E-state index is 5.93. The van der Waals surface area contributed by atoms with E-state index in [4.69, 9.17) is 16.3 Å². The lowest BCUT2D eigenvalue weighted by atomic mass is 9.88. The van der Waals surface area contributed by atoms with Crippen LogP contribution in [0.15, 0.2) is 24.3 Å². The Morgan fingerprint density at radius 2 is 1.95 bits per heavy atom. The minimum absolute atomic E-state index is 0.546. The molecule has 108 valence electrons. The number of ether oxygens (including phenoxy) is 1. The van der Waals surface area contributed by atoms with Gasteiger partial charge in [-0.2, -0.15) is 0 Å². The number of methoxy groups -OCH3 is 1. The minimum atomic E-state index is 0.546. The standard InChI is InChI=1S/C16H26ClNO/c1-4-9-18-11-15(13(2)12-19-3)10-14-5-7-16(17)8-6-14/h5-8,13,15,18H,4,9-12H2,1-3H3. The number of hydrogen-bond donors (Lipinski definition) is 1. The lowest BCUT2D eigenvalue weighted by Crippen LogP contribution is -2.31. The van der Waals surface area contributed by atoms with Gasteiger partial charge in [0.1, 0.15) is 0 Å². The van der Waals surface area contributed by atoms with Crippen molar-refractivity contribution in [3.63, 3.8) is 0 Å². The second-order valence-electron chi connectivity index (χ2n) is 5.23. The second kappa shape index (κ2) is 9.35. The van der Waals surface area contributed by atoms with Gasteiger partial charge in [-0.1, -0.05) is 37.6 Å². The Hall–Kier alpha value is -0.570. The summed E-state index contributed by atoms with van der Waals surface area (Å²) in [6.45, 7) is 7.39. The third kappa shape index (κ3) is 6.42. The summed E-state index contributed by atoms with van der Waals surface area (Å²) in [4.78, 5) is 0. The molecule has 0 fully saturated rings. The van der Waals surface area contributed by atoms with Crippen LogP contribution in [0.3, 0.4) is 0 Å². The van der Waals surface area contributed by atoms with Crippen LogP contribution in [0.2, 0.25) is 5.02 Å². The molecule has 0 saturated carbocycles. The number of halogens is 1. The first kappa shape index (κ1) is 16.5. The van der Waals surface area contributed by atoms with Crippen molar-refractivity contribution < 1.29 is 4.74 Å². The molecule has 2 nitrogen and oxygen atoms in total. The summed E-state index contributed by atoms with van der Waals surface area (Å²) >= 11 is 5.93. The molecule has 1 aromatic rings. The molecule has 2 atom stereocenters. The van der Waals surface area contributed by atoms with E-state index in [9.17, 15) is 0 Å². The van der Waals surface area contributed by atoms with Crippen LogP contribution in [0.25, 0.3) is 0 Å². The van der Waals surface area contributed by atoms with Crippen molar-refractivity contribution in [1.29, 1.82) is 0 Å². The van der Waals surface area contributed by atoms with Gasteiger partial charge in [0.25, 0.3) is 0 Å². The molecule has 0 spiro atoms. The largest absolute Gasteiger partial charge is 0.384 e. The van der Waals surface area contributed by atoms with E-state index in [0.29, 0.717) is 11.8 Å². The number of rotatable bonds is 9. The fourth-order valence-corrected chi connectivity index (χ4v) is 2.39. The summed E-state index contributed by atoms with van der Waals surface area (Å²) < 4.78 is 5.30. The Morgan fingerprint density at radius 1 is 1.26 bits per heavy atom. The summed E-state index contributed by atoms with van der Waals surface area (Å²) in [5.41, 5.74) is 1.34. The van der Waals surface area contributed by atoms with Gasteiger partial charge in [-0.05, 0) is 55.5 Å². The van der Waals surface area contributed by atoms with Crippen LogP contribution >= 0.6 is 11.6 Å². The molecule has 3 heteroatoms. The molecule has 0 saturated heterocycles. The predicted octanol–water partition coefficient (Wildman–Crippen LogP) is 3.78. The van der Waals surface area contributed by atoms with Gasteiger partial charge in [-0.15, -0.1) is 0 Å². The second-order valence-corrected chi connectivity index (χ2v) is 5.66. The van der Waals surface area contributed by atoms with Gasteiger partial charge in [0.2, 0.25) is 0 Å². The minimum Gasteiger partial charge on any atom is -0.384 e. The predicted molar refractivity (Wildman–Crippen MR) is 82.8 cm³/mol. The van der Waals surface area contributed by atoms with Crippen molar-refractivity contribution in [2.75, 3.05) is 26.8 Å². The highest BCUT2D eigenvalue weighted by Gasteiger charge is 2.17. The van der Waals surface area contributed by atoms with Crippen molar-refractivity contribution in [2.45, 2.75) is 26.7 Å². The third-order valence-electron chi connectivity index (χ3n) is 3.48. The smallest absolute Gasteiger partial charge is 0.0491 e. The summed E-state index contributed by atoms with van der Waals surface area (Å²) in [5.74, 6) is 1.14. The molecule has 0 amide bonds. The molecule has 0 aliphatic carbocycles. The molecule has 0 aromatic heterocycles. The van der Waals surface area contributed by atoms with Crippen LogP contribution in [-0.2, 0) is 11.2 Å². The maximum Gasteiger partial charge on any atom is 0.0491 e. The molecule has 0 aliphatic rings. The lowest BCUT2D eigenvalue weighted by molar-refractivity contribution is 0.128. The maximum absolute atomic E-state index is 5.93.